The van der Waals surface area contributed by atoms with Gasteiger partial charge in [0, 0.05) is 12.0 Å². The third-order valence-corrected chi connectivity index (χ3v) is 3.60. The van der Waals surface area contributed by atoms with E-state index in [1.165, 1.54) is 19.3 Å². The van der Waals surface area contributed by atoms with Gasteiger partial charge in [-0.05, 0) is 25.8 Å². The van der Waals surface area contributed by atoms with Crippen molar-refractivity contribution in [2.45, 2.75) is 45.1 Å². The third kappa shape index (κ3) is 4.27. The quantitative estimate of drug-likeness (QED) is 0.610. The zero-order chi connectivity index (χ0) is 13.5. The summed E-state index contributed by atoms with van der Waals surface area (Å²) in [5.74, 6) is -0.0303. The molecule has 0 radical (unpaired) electrons. The van der Waals surface area contributed by atoms with Crippen molar-refractivity contribution in [1.82, 2.24) is 5.32 Å². The first-order valence-electron chi connectivity index (χ1n) is 7.30. The lowest BCUT2D eigenvalue weighted by Gasteiger charge is -2.25. The molecule has 2 aliphatic carbocycles. The van der Waals surface area contributed by atoms with Crippen LogP contribution in [0, 0.1) is 5.92 Å². The second-order valence-corrected chi connectivity index (χ2v) is 5.13. The Morgan fingerprint density at radius 3 is 2.58 bits per heavy atom. The van der Waals surface area contributed by atoms with Gasteiger partial charge in [-0.1, -0.05) is 43.6 Å². The first-order chi connectivity index (χ1) is 9.29. The maximum atomic E-state index is 12.0. The Labute approximate surface area is 115 Å². The van der Waals surface area contributed by atoms with Crippen LogP contribution in [0.2, 0.25) is 0 Å². The van der Waals surface area contributed by atoms with Gasteiger partial charge < -0.3 is 10.1 Å². The fraction of sp³-hybridized carbons (Fsp3) is 0.562. The van der Waals surface area contributed by atoms with E-state index in [2.05, 4.69) is 17.5 Å². The van der Waals surface area contributed by atoms with Gasteiger partial charge in [0.15, 0.2) is 0 Å². The number of carbonyl (C=O) groups excluding carboxylic acids is 1. The molecule has 3 heteroatoms. The summed E-state index contributed by atoms with van der Waals surface area (Å²) < 4.78 is 5.14. The van der Waals surface area contributed by atoms with E-state index in [9.17, 15) is 4.79 Å². The third-order valence-electron chi connectivity index (χ3n) is 3.60. The summed E-state index contributed by atoms with van der Waals surface area (Å²) in [6.07, 6.45) is 16.2. The smallest absolute Gasteiger partial charge is 0.354 e. The highest BCUT2D eigenvalue weighted by atomic mass is 16.5. The molecule has 0 aromatic heterocycles. The van der Waals surface area contributed by atoms with Crippen molar-refractivity contribution in [3.63, 3.8) is 0 Å². The lowest BCUT2D eigenvalue weighted by molar-refractivity contribution is -0.139. The molecule has 0 saturated heterocycles. The van der Waals surface area contributed by atoms with Crippen molar-refractivity contribution in [3.05, 3.63) is 36.1 Å². The van der Waals surface area contributed by atoms with Gasteiger partial charge in [0.05, 0.1) is 6.61 Å². The molecular weight excluding hydrogens is 238 g/mol. The van der Waals surface area contributed by atoms with Gasteiger partial charge in [-0.2, -0.15) is 0 Å². The molecule has 1 saturated carbocycles. The van der Waals surface area contributed by atoms with E-state index < -0.39 is 0 Å². The second kappa shape index (κ2) is 7.17. The van der Waals surface area contributed by atoms with Crippen molar-refractivity contribution >= 4 is 5.97 Å². The number of nitrogens with one attached hydrogen (secondary N) is 1. The van der Waals surface area contributed by atoms with Gasteiger partial charge in [0.2, 0.25) is 0 Å². The van der Waals surface area contributed by atoms with E-state index >= 15 is 0 Å². The Morgan fingerprint density at radius 1 is 1.26 bits per heavy atom. The molecule has 0 aromatic rings. The minimum atomic E-state index is -0.234. The number of ether oxygens (including phenoxy) is 1. The number of rotatable bonds is 5. The van der Waals surface area contributed by atoms with Crippen LogP contribution in [0.4, 0.5) is 0 Å². The highest BCUT2D eigenvalue weighted by molar-refractivity contribution is 5.88. The van der Waals surface area contributed by atoms with E-state index in [0.717, 1.165) is 12.8 Å². The number of allylic oxidation sites excluding steroid dienone is 5. The zero-order valence-corrected chi connectivity index (χ0v) is 11.6. The molecule has 0 amide bonds. The van der Waals surface area contributed by atoms with Gasteiger partial charge in [-0.3, -0.25) is 0 Å². The van der Waals surface area contributed by atoms with Crippen molar-refractivity contribution in [1.29, 1.82) is 0 Å². The maximum Gasteiger partial charge on any atom is 0.354 e. The molecule has 104 valence electrons. The monoisotopic (exact) mass is 261 g/mol. The average Bonchev–Trinajstić information content (AvgIpc) is 2.92. The highest BCUT2D eigenvalue weighted by Gasteiger charge is 2.19. The van der Waals surface area contributed by atoms with Gasteiger partial charge in [-0.15, -0.1) is 0 Å². The molecule has 1 N–H and O–H groups in total. The molecular formula is C16H23NO2. The Kier molecular flexibility index (Phi) is 5.25. The van der Waals surface area contributed by atoms with Crippen LogP contribution in [0.15, 0.2) is 36.1 Å². The van der Waals surface area contributed by atoms with Crippen LogP contribution < -0.4 is 5.32 Å². The SMILES string of the molecule is CCOC(=O)/C(=C/C1C=CC=C1)NC1CCCCC1. The van der Waals surface area contributed by atoms with Crippen LogP contribution in [0.25, 0.3) is 0 Å². The predicted octanol–water partition coefficient (Wildman–Crippen LogP) is 3.10. The van der Waals surface area contributed by atoms with Crippen molar-refractivity contribution in [2.75, 3.05) is 6.61 Å². The minimum Gasteiger partial charge on any atom is -0.461 e. The Hall–Kier alpha value is -1.51. The zero-order valence-electron chi connectivity index (χ0n) is 11.6. The van der Waals surface area contributed by atoms with E-state index in [0.29, 0.717) is 18.3 Å². The number of hydrogen-bond donors (Lipinski definition) is 1. The van der Waals surface area contributed by atoms with E-state index in [1.54, 1.807) is 0 Å². The van der Waals surface area contributed by atoms with Crippen LogP contribution in [0.3, 0.4) is 0 Å². The van der Waals surface area contributed by atoms with Crippen LogP contribution in [0.5, 0.6) is 0 Å². The first-order valence-corrected chi connectivity index (χ1v) is 7.30. The summed E-state index contributed by atoms with van der Waals surface area (Å²) in [6, 6.07) is 0.416. The minimum absolute atomic E-state index is 0.204. The molecule has 0 aliphatic heterocycles. The Morgan fingerprint density at radius 2 is 1.95 bits per heavy atom. The molecule has 0 atom stereocenters. The largest absolute Gasteiger partial charge is 0.461 e. The van der Waals surface area contributed by atoms with Crippen LogP contribution in [0.1, 0.15) is 39.0 Å². The molecule has 0 spiro atoms. The van der Waals surface area contributed by atoms with Crippen molar-refractivity contribution in [2.24, 2.45) is 5.92 Å². The van der Waals surface area contributed by atoms with Crippen LogP contribution in [-0.4, -0.2) is 18.6 Å². The summed E-state index contributed by atoms with van der Waals surface area (Å²) >= 11 is 0. The van der Waals surface area contributed by atoms with Gasteiger partial charge in [0.25, 0.3) is 0 Å². The summed E-state index contributed by atoms with van der Waals surface area (Å²) in [5.41, 5.74) is 0.620. The van der Waals surface area contributed by atoms with Crippen LogP contribution in [-0.2, 0) is 9.53 Å². The van der Waals surface area contributed by atoms with Gasteiger partial charge in [-0.25, -0.2) is 4.79 Å². The van der Waals surface area contributed by atoms with Gasteiger partial charge in [0.1, 0.15) is 5.70 Å². The maximum absolute atomic E-state index is 12.0. The number of hydrogen-bond acceptors (Lipinski definition) is 3. The molecule has 2 rings (SSSR count). The summed E-state index contributed by atoms with van der Waals surface area (Å²) in [4.78, 5) is 12.0. The second-order valence-electron chi connectivity index (χ2n) is 5.13. The fourth-order valence-corrected chi connectivity index (χ4v) is 2.60. The molecule has 3 nitrogen and oxygen atoms in total. The molecule has 0 heterocycles. The molecule has 0 unspecified atom stereocenters. The normalized spacial score (nSPS) is 20.8. The van der Waals surface area contributed by atoms with Crippen molar-refractivity contribution < 1.29 is 9.53 Å². The summed E-state index contributed by atoms with van der Waals surface area (Å²) in [7, 11) is 0. The average molecular weight is 261 g/mol. The first kappa shape index (κ1) is 13.9. The number of esters is 1. The van der Waals surface area contributed by atoms with E-state index in [-0.39, 0.29) is 11.9 Å². The standard InChI is InChI=1S/C16H23NO2/c1-2-19-16(18)15(12-13-8-6-7-9-13)17-14-10-4-3-5-11-14/h6-9,12-14,17H,2-5,10-11H2,1H3/b15-12-. The van der Waals surface area contributed by atoms with Crippen LogP contribution >= 0.6 is 0 Å². The van der Waals surface area contributed by atoms with E-state index in [4.69, 9.17) is 4.74 Å². The van der Waals surface area contributed by atoms with E-state index in [1.807, 2.05) is 25.2 Å². The number of carbonyl (C=O) groups is 1. The molecule has 0 bridgehead atoms. The molecule has 19 heavy (non-hydrogen) atoms. The van der Waals surface area contributed by atoms with Gasteiger partial charge >= 0.3 is 5.97 Å². The Bertz CT molecular complexity index is 378. The summed E-state index contributed by atoms with van der Waals surface area (Å²) in [5, 5.41) is 3.39. The lowest BCUT2D eigenvalue weighted by atomic mass is 9.95. The molecule has 1 fully saturated rings. The molecule has 0 aromatic carbocycles. The lowest BCUT2D eigenvalue weighted by Crippen LogP contribution is -2.34. The summed E-state index contributed by atoms with van der Waals surface area (Å²) in [6.45, 7) is 2.25. The highest BCUT2D eigenvalue weighted by Crippen LogP contribution is 2.20. The van der Waals surface area contributed by atoms with Crippen molar-refractivity contribution in [3.8, 4) is 0 Å². The predicted molar refractivity (Wildman–Crippen MR) is 76.5 cm³/mol. The topological polar surface area (TPSA) is 38.3 Å². The molecule has 2 aliphatic rings. The fourth-order valence-electron chi connectivity index (χ4n) is 2.60. The Balaban J connectivity index is 2.02.